The molecule has 2 aliphatic rings. The van der Waals surface area contributed by atoms with E-state index in [4.69, 9.17) is 4.74 Å². The van der Waals surface area contributed by atoms with E-state index in [1.165, 1.54) is 12.8 Å². The van der Waals surface area contributed by atoms with Gasteiger partial charge in [-0.1, -0.05) is 0 Å². The van der Waals surface area contributed by atoms with Crippen LogP contribution >= 0.6 is 0 Å². The first-order valence-corrected chi connectivity index (χ1v) is 6.16. The summed E-state index contributed by atoms with van der Waals surface area (Å²) in [7, 11) is 0. The molecule has 0 bridgehead atoms. The molecule has 1 amide bonds. The van der Waals surface area contributed by atoms with Crippen molar-refractivity contribution in [1.29, 1.82) is 0 Å². The van der Waals surface area contributed by atoms with Crippen molar-refractivity contribution in [3.63, 3.8) is 0 Å². The second-order valence-electron chi connectivity index (χ2n) is 4.87. The highest BCUT2D eigenvalue weighted by atomic mass is 16.5. The quantitative estimate of drug-likeness (QED) is 0.789. The maximum atomic E-state index is 11.7. The predicted octanol–water partition coefficient (Wildman–Crippen LogP) is 1.47. The van der Waals surface area contributed by atoms with Crippen LogP contribution in [0.15, 0.2) is 24.5 Å². The van der Waals surface area contributed by atoms with Crippen molar-refractivity contribution in [2.45, 2.75) is 25.4 Å². The van der Waals surface area contributed by atoms with Crippen molar-refractivity contribution in [2.24, 2.45) is 5.92 Å². The molecule has 2 heterocycles. The summed E-state index contributed by atoms with van der Waals surface area (Å²) in [6.07, 6.45) is 6.78. The number of nitrogens with zero attached hydrogens (tertiary/aromatic N) is 2. The van der Waals surface area contributed by atoms with Gasteiger partial charge in [0.2, 0.25) is 5.91 Å². The van der Waals surface area contributed by atoms with Gasteiger partial charge in [-0.15, -0.1) is 0 Å². The molecule has 1 aliphatic carbocycles. The second-order valence-corrected chi connectivity index (χ2v) is 4.87. The van der Waals surface area contributed by atoms with Crippen LogP contribution in [0, 0.1) is 5.92 Å². The van der Waals surface area contributed by atoms with Gasteiger partial charge in [-0.3, -0.25) is 9.78 Å². The fraction of sp³-hybridized carbons (Fsp3) is 0.538. The van der Waals surface area contributed by atoms with E-state index in [9.17, 15) is 4.79 Å². The van der Waals surface area contributed by atoms with Gasteiger partial charge < -0.3 is 9.64 Å². The minimum atomic E-state index is 0.153. The van der Waals surface area contributed by atoms with Gasteiger partial charge in [0.25, 0.3) is 0 Å². The lowest BCUT2D eigenvalue weighted by molar-refractivity contribution is -0.140. The first-order valence-electron chi connectivity index (χ1n) is 6.16. The van der Waals surface area contributed by atoms with Gasteiger partial charge in [-0.05, 0) is 30.9 Å². The molecule has 0 unspecified atom stereocenters. The molecule has 0 N–H and O–H groups in total. The lowest BCUT2D eigenvalue weighted by Gasteiger charge is -2.39. The Morgan fingerprint density at radius 2 is 2.06 bits per heavy atom. The zero-order chi connectivity index (χ0) is 11.7. The third kappa shape index (κ3) is 2.57. The molecule has 1 aromatic heterocycles. The summed E-state index contributed by atoms with van der Waals surface area (Å²) in [5.41, 5.74) is 0. The summed E-state index contributed by atoms with van der Waals surface area (Å²) < 4.78 is 5.72. The minimum Gasteiger partial charge on any atom is -0.487 e. The maximum Gasteiger partial charge on any atom is 0.223 e. The molecule has 3 rings (SSSR count). The van der Waals surface area contributed by atoms with E-state index >= 15 is 0 Å². The molecule has 0 aromatic carbocycles. The Morgan fingerprint density at radius 3 is 2.71 bits per heavy atom. The van der Waals surface area contributed by atoms with Crippen LogP contribution in [-0.4, -0.2) is 35.0 Å². The van der Waals surface area contributed by atoms with E-state index in [0.717, 1.165) is 25.3 Å². The molecule has 1 aromatic rings. The molecule has 1 aliphatic heterocycles. The van der Waals surface area contributed by atoms with Gasteiger partial charge in [-0.25, -0.2) is 0 Å². The van der Waals surface area contributed by atoms with Gasteiger partial charge >= 0.3 is 0 Å². The Kier molecular flexibility index (Phi) is 2.71. The molecule has 0 atom stereocenters. The van der Waals surface area contributed by atoms with Crippen LogP contribution in [0.5, 0.6) is 5.75 Å². The number of pyridine rings is 1. The maximum absolute atomic E-state index is 11.7. The average Bonchev–Trinajstić information content (AvgIpc) is 3.08. The van der Waals surface area contributed by atoms with Crippen molar-refractivity contribution in [3.8, 4) is 5.75 Å². The number of rotatable bonds is 4. The first-order chi connectivity index (χ1) is 8.31. The standard InChI is InChI=1S/C13H16N2O2/c16-13(7-10-1-2-10)15-8-12(9-15)17-11-3-5-14-6-4-11/h3-6,10,12H,1-2,7-9H2. The third-order valence-corrected chi connectivity index (χ3v) is 3.31. The molecular weight excluding hydrogens is 216 g/mol. The number of carbonyl (C=O) groups is 1. The first kappa shape index (κ1) is 10.6. The zero-order valence-electron chi connectivity index (χ0n) is 9.71. The predicted molar refractivity (Wildman–Crippen MR) is 62.6 cm³/mol. The van der Waals surface area contributed by atoms with Crippen molar-refractivity contribution < 1.29 is 9.53 Å². The van der Waals surface area contributed by atoms with Crippen molar-refractivity contribution in [2.75, 3.05) is 13.1 Å². The average molecular weight is 232 g/mol. The summed E-state index contributed by atoms with van der Waals surface area (Å²) in [6.45, 7) is 1.46. The molecule has 0 radical (unpaired) electrons. The van der Waals surface area contributed by atoms with E-state index in [0.29, 0.717) is 11.8 Å². The molecule has 4 heteroatoms. The normalized spacial score (nSPS) is 19.9. The number of likely N-dealkylation sites (tertiary alicyclic amines) is 1. The van der Waals surface area contributed by atoms with E-state index < -0.39 is 0 Å². The Bertz CT molecular complexity index is 397. The fourth-order valence-electron chi connectivity index (χ4n) is 2.02. The zero-order valence-corrected chi connectivity index (χ0v) is 9.71. The smallest absolute Gasteiger partial charge is 0.223 e. The highest BCUT2D eigenvalue weighted by Gasteiger charge is 2.35. The van der Waals surface area contributed by atoms with Crippen LogP contribution in [-0.2, 0) is 4.79 Å². The topological polar surface area (TPSA) is 42.4 Å². The summed E-state index contributed by atoms with van der Waals surface area (Å²) in [5.74, 6) is 1.80. The monoisotopic (exact) mass is 232 g/mol. The van der Waals surface area contributed by atoms with Crippen molar-refractivity contribution >= 4 is 5.91 Å². The van der Waals surface area contributed by atoms with Crippen LogP contribution in [0.1, 0.15) is 19.3 Å². The molecule has 90 valence electrons. The molecule has 2 fully saturated rings. The summed E-state index contributed by atoms with van der Waals surface area (Å²) in [5, 5.41) is 0. The number of carbonyl (C=O) groups excluding carboxylic acids is 1. The lowest BCUT2D eigenvalue weighted by atomic mass is 10.1. The summed E-state index contributed by atoms with van der Waals surface area (Å²) in [6, 6.07) is 3.68. The van der Waals surface area contributed by atoms with Gasteiger partial charge in [0.1, 0.15) is 11.9 Å². The molecule has 1 saturated carbocycles. The number of hydrogen-bond donors (Lipinski definition) is 0. The molecule has 17 heavy (non-hydrogen) atoms. The Balaban J connectivity index is 1.43. The second kappa shape index (κ2) is 4.35. The van der Waals surface area contributed by atoms with Crippen LogP contribution in [0.2, 0.25) is 0 Å². The van der Waals surface area contributed by atoms with Crippen LogP contribution in [0.25, 0.3) is 0 Å². The van der Waals surface area contributed by atoms with Crippen molar-refractivity contribution in [3.05, 3.63) is 24.5 Å². The molecule has 1 saturated heterocycles. The molecule has 0 spiro atoms. The highest BCUT2D eigenvalue weighted by molar-refractivity contribution is 5.77. The van der Waals surface area contributed by atoms with E-state index in [1.54, 1.807) is 12.4 Å². The van der Waals surface area contributed by atoms with E-state index in [1.807, 2.05) is 17.0 Å². The highest BCUT2D eigenvalue weighted by Crippen LogP contribution is 2.33. The van der Waals surface area contributed by atoms with E-state index in [-0.39, 0.29) is 6.10 Å². The molecule has 4 nitrogen and oxygen atoms in total. The van der Waals surface area contributed by atoms with E-state index in [2.05, 4.69) is 4.98 Å². The van der Waals surface area contributed by atoms with Gasteiger partial charge in [0, 0.05) is 18.8 Å². The van der Waals surface area contributed by atoms with Crippen LogP contribution in [0.3, 0.4) is 0 Å². The Hall–Kier alpha value is -1.58. The minimum absolute atomic E-state index is 0.153. The third-order valence-electron chi connectivity index (χ3n) is 3.31. The number of hydrogen-bond acceptors (Lipinski definition) is 3. The SMILES string of the molecule is O=C(CC1CC1)N1CC(Oc2ccncc2)C1. The summed E-state index contributed by atoms with van der Waals surface area (Å²) in [4.78, 5) is 17.6. The summed E-state index contributed by atoms with van der Waals surface area (Å²) >= 11 is 0. The largest absolute Gasteiger partial charge is 0.487 e. The number of ether oxygens (including phenoxy) is 1. The Morgan fingerprint density at radius 1 is 1.35 bits per heavy atom. The van der Waals surface area contributed by atoms with Gasteiger partial charge in [0.15, 0.2) is 0 Å². The van der Waals surface area contributed by atoms with Gasteiger partial charge in [0.05, 0.1) is 13.1 Å². The Labute approximate surface area is 101 Å². The molecular formula is C13H16N2O2. The fourth-order valence-corrected chi connectivity index (χ4v) is 2.02. The lowest BCUT2D eigenvalue weighted by Crippen LogP contribution is -2.56. The number of amides is 1. The van der Waals surface area contributed by atoms with Crippen molar-refractivity contribution in [1.82, 2.24) is 9.88 Å². The van der Waals surface area contributed by atoms with Gasteiger partial charge in [-0.2, -0.15) is 0 Å². The number of aromatic nitrogens is 1. The van der Waals surface area contributed by atoms with Crippen LogP contribution < -0.4 is 4.74 Å². The van der Waals surface area contributed by atoms with Crippen LogP contribution in [0.4, 0.5) is 0 Å².